The van der Waals surface area contributed by atoms with Gasteiger partial charge in [0.15, 0.2) is 6.29 Å². The van der Waals surface area contributed by atoms with E-state index in [1.54, 1.807) is 12.3 Å². The molecule has 1 aliphatic carbocycles. The van der Waals surface area contributed by atoms with Crippen molar-refractivity contribution in [2.24, 2.45) is 0 Å². The van der Waals surface area contributed by atoms with Gasteiger partial charge in [0.05, 0.1) is 0 Å². The molecule has 5 nitrogen and oxygen atoms in total. The third-order valence-electron chi connectivity index (χ3n) is 7.56. The van der Waals surface area contributed by atoms with Crippen LogP contribution in [-0.4, -0.2) is 40.5 Å². The van der Waals surface area contributed by atoms with Crippen LogP contribution in [0, 0.1) is 12.7 Å². The van der Waals surface area contributed by atoms with Crippen LogP contribution >= 0.6 is 0 Å². The first kappa shape index (κ1) is 24.9. The minimum Gasteiger partial charge on any atom is -0.470 e. The Bertz CT molecular complexity index is 1240. The van der Waals surface area contributed by atoms with Gasteiger partial charge in [-0.25, -0.2) is 9.37 Å². The third-order valence-corrected chi connectivity index (χ3v) is 7.56. The highest BCUT2D eigenvalue weighted by atomic mass is 19.1. The highest BCUT2D eigenvalue weighted by Crippen LogP contribution is 2.42. The molecule has 1 N–H and O–H groups in total. The van der Waals surface area contributed by atoms with Crippen LogP contribution in [0.1, 0.15) is 72.0 Å². The molecule has 5 rings (SSSR count). The largest absolute Gasteiger partial charge is 0.470 e. The van der Waals surface area contributed by atoms with Gasteiger partial charge in [0.2, 0.25) is 5.88 Å². The van der Waals surface area contributed by atoms with Crippen molar-refractivity contribution < 1.29 is 19.0 Å². The summed E-state index contributed by atoms with van der Waals surface area (Å²) in [4.78, 5) is 7.01. The van der Waals surface area contributed by atoms with Crippen molar-refractivity contribution in [2.75, 3.05) is 13.7 Å². The molecule has 2 aromatic carbocycles. The van der Waals surface area contributed by atoms with E-state index in [0.717, 1.165) is 54.1 Å². The van der Waals surface area contributed by atoms with Gasteiger partial charge in [0, 0.05) is 50.3 Å². The number of rotatable bonds is 6. The van der Waals surface area contributed by atoms with Crippen molar-refractivity contribution in [1.29, 1.82) is 0 Å². The molecule has 1 aromatic heterocycles. The van der Waals surface area contributed by atoms with Crippen molar-refractivity contribution in [3.63, 3.8) is 0 Å². The second-order valence-electron chi connectivity index (χ2n) is 10.7. The van der Waals surface area contributed by atoms with E-state index in [9.17, 15) is 9.50 Å². The fourth-order valence-corrected chi connectivity index (χ4v) is 5.88. The number of aryl methyl sites for hydroxylation is 2. The molecule has 3 unspecified atom stereocenters. The summed E-state index contributed by atoms with van der Waals surface area (Å²) in [6.45, 7) is 7.74. The normalized spacial score (nSPS) is 20.7. The van der Waals surface area contributed by atoms with E-state index in [0.29, 0.717) is 6.42 Å². The monoisotopic (exact) mass is 490 g/mol. The summed E-state index contributed by atoms with van der Waals surface area (Å²) in [5, 5.41) is 10.4. The molecular weight excluding hydrogens is 455 g/mol. The number of nitrogens with zero attached hydrogens (tertiary/aromatic N) is 2. The molecule has 2 aliphatic rings. The number of hydrogen-bond donors (Lipinski definition) is 1. The number of aliphatic hydroxyl groups excluding tert-OH is 1. The van der Waals surface area contributed by atoms with Gasteiger partial charge in [-0.1, -0.05) is 30.3 Å². The first-order valence-corrected chi connectivity index (χ1v) is 12.7. The van der Waals surface area contributed by atoms with Crippen LogP contribution < -0.4 is 4.74 Å². The minimum atomic E-state index is -0.906. The van der Waals surface area contributed by atoms with E-state index in [4.69, 9.17) is 9.47 Å². The lowest BCUT2D eigenvalue weighted by Crippen LogP contribution is -2.41. The second kappa shape index (κ2) is 9.92. The Morgan fingerprint density at radius 1 is 1.19 bits per heavy atom. The zero-order valence-corrected chi connectivity index (χ0v) is 21.5. The molecule has 190 valence electrons. The van der Waals surface area contributed by atoms with Crippen LogP contribution in [0.15, 0.2) is 54.7 Å². The summed E-state index contributed by atoms with van der Waals surface area (Å²) in [6, 6.07) is 15.9. The summed E-state index contributed by atoms with van der Waals surface area (Å²) in [7, 11) is 1.51. The number of aliphatic hydroxyl groups is 1. The first-order valence-electron chi connectivity index (χ1n) is 12.7. The molecule has 3 atom stereocenters. The Morgan fingerprint density at radius 3 is 2.81 bits per heavy atom. The Kier molecular flexibility index (Phi) is 6.86. The Hall–Kier alpha value is -2.80. The number of halogens is 1. The molecule has 0 saturated heterocycles. The maximum absolute atomic E-state index is 13.9. The molecule has 0 bridgehead atoms. The van der Waals surface area contributed by atoms with Crippen LogP contribution in [0.2, 0.25) is 0 Å². The fourth-order valence-electron chi connectivity index (χ4n) is 5.88. The van der Waals surface area contributed by atoms with Crippen LogP contribution in [0.25, 0.3) is 0 Å². The number of hydrogen-bond acceptors (Lipinski definition) is 5. The maximum atomic E-state index is 13.9. The molecule has 0 spiro atoms. The number of fused-ring (bicyclic) bond motifs is 2. The van der Waals surface area contributed by atoms with E-state index in [1.165, 1.54) is 24.3 Å². The Labute approximate surface area is 212 Å². The summed E-state index contributed by atoms with van der Waals surface area (Å²) in [6.07, 6.45) is 3.35. The van der Waals surface area contributed by atoms with Crippen molar-refractivity contribution in [3.8, 4) is 5.88 Å². The van der Waals surface area contributed by atoms with Crippen LogP contribution in [-0.2, 0) is 17.7 Å². The predicted octanol–water partition coefficient (Wildman–Crippen LogP) is 5.68. The van der Waals surface area contributed by atoms with E-state index in [-0.39, 0.29) is 23.4 Å². The SMILES string of the molecule is COC(O)CC(c1ccc2c(c1)C(N1Cc3cccnc3OC(C)(C)C1)CC2)c1ccc(F)cc1C. The Morgan fingerprint density at radius 2 is 2.03 bits per heavy atom. The summed E-state index contributed by atoms with van der Waals surface area (Å²) < 4.78 is 25.4. The molecule has 0 saturated carbocycles. The zero-order valence-electron chi connectivity index (χ0n) is 21.5. The smallest absolute Gasteiger partial charge is 0.218 e. The lowest BCUT2D eigenvalue weighted by atomic mass is 9.84. The van der Waals surface area contributed by atoms with E-state index >= 15 is 0 Å². The van der Waals surface area contributed by atoms with Crippen molar-refractivity contribution in [3.05, 3.63) is 93.9 Å². The van der Waals surface area contributed by atoms with Gasteiger partial charge in [-0.05, 0) is 79.6 Å². The molecule has 1 aliphatic heterocycles. The van der Waals surface area contributed by atoms with Gasteiger partial charge < -0.3 is 14.6 Å². The van der Waals surface area contributed by atoms with Gasteiger partial charge in [-0.3, -0.25) is 4.90 Å². The number of aromatic nitrogens is 1. The molecule has 0 amide bonds. The third kappa shape index (κ3) is 5.03. The zero-order chi connectivity index (χ0) is 25.4. The van der Waals surface area contributed by atoms with E-state index in [2.05, 4.69) is 48.0 Å². The second-order valence-corrected chi connectivity index (χ2v) is 10.7. The standard InChI is InChI=1S/C30H35FN2O3/c1-19-14-23(31)10-11-24(19)25(16-28(34)35-4)21-8-7-20-9-12-27(26(20)15-21)33-17-22-6-5-13-32-29(22)36-30(2,3)18-33/h5-8,10-11,13-15,25,27-28,34H,9,12,16-18H2,1-4H3. The average molecular weight is 491 g/mol. The maximum Gasteiger partial charge on any atom is 0.218 e. The minimum absolute atomic E-state index is 0.110. The van der Waals surface area contributed by atoms with E-state index < -0.39 is 6.29 Å². The lowest BCUT2D eigenvalue weighted by molar-refractivity contribution is -0.0802. The molecule has 0 fully saturated rings. The molecule has 6 heteroatoms. The van der Waals surface area contributed by atoms with Gasteiger partial charge in [-0.2, -0.15) is 0 Å². The highest BCUT2D eigenvalue weighted by molar-refractivity contribution is 5.44. The van der Waals surface area contributed by atoms with Gasteiger partial charge in [0.1, 0.15) is 11.4 Å². The molecule has 0 radical (unpaired) electrons. The number of pyridine rings is 1. The highest BCUT2D eigenvalue weighted by Gasteiger charge is 2.36. The summed E-state index contributed by atoms with van der Waals surface area (Å²) >= 11 is 0. The topological polar surface area (TPSA) is 54.8 Å². The van der Waals surface area contributed by atoms with Crippen molar-refractivity contribution in [1.82, 2.24) is 9.88 Å². The van der Waals surface area contributed by atoms with Crippen LogP contribution in [0.3, 0.4) is 0 Å². The number of benzene rings is 2. The van der Waals surface area contributed by atoms with Gasteiger partial charge >= 0.3 is 0 Å². The quantitative estimate of drug-likeness (QED) is 0.451. The number of ether oxygens (including phenoxy) is 2. The first-order chi connectivity index (χ1) is 17.2. The average Bonchev–Trinajstić information content (AvgIpc) is 3.20. The molecule has 3 aromatic rings. The molecular formula is C30H35FN2O3. The molecule has 2 heterocycles. The van der Waals surface area contributed by atoms with Gasteiger partial charge in [-0.15, -0.1) is 0 Å². The molecule has 36 heavy (non-hydrogen) atoms. The summed E-state index contributed by atoms with van der Waals surface area (Å²) in [5.74, 6) is 0.357. The van der Waals surface area contributed by atoms with Gasteiger partial charge in [0.25, 0.3) is 0 Å². The number of methoxy groups -OCH3 is 1. The van der Waals surface area contributed by atoms with Crippen molar-refractivity contribution >= 4 is 0 Å². The Balaban J connectivity index is 1.52. The van der Waals surface area contributed by atoms with Crippen LogP contribution in [0.4, 0.5) is 4.39 Å². The fraction of sp³-hybridized carbons (Fsp3) is 0.433. The lowest BCUT2D eigenvalue weighted by Gasteiger charge is -2.34. The van der Waals surface area contributed by atoms with E-state index in [1.807, 2.05) is 19.1 Å². The summed E-state index contributed by atoms with van der Waals surface area (Å²) in [5.41, 5.74) is 6.42. The van der Waals surface area contributed by atoms with Crippen molar-refractivity contribution in [2.45, 2.75) is 70.4 Å². The predicted molar refractivity (Wildman–Crippen MR) is 137 cm³/mol. The van der Waals surface area contributed by atoms with Crippen LogP contribution in [0.5, 0.6) is 5.88 Å².